The molecule has 0 unspecified atom stereocenters. The van der Waals surface area contributed by atoms with E-state index in [2.05, 4.69) is 15.6 Å². The number of hydrogen-bond donors (Lipinski definition) is 1. The first kappa shape index (κ1) is 17.3. The SMILES string of the molecule is CO[Si](CCCNC(=O)On1nnc2ccccc21)(OC)OC. The van der Waals surface area contributed by atoms with Crippen LogP contribution in [0, 0.1) is 0 Å². The van der Waals surface area contributed by atoms with Crippen molar-refractivity contribution >= 4 is 25.9 Å². The largest absolute Gasteiger partial charge is 0.500 e. The zero-order valence-electron chi connectivity index (χ0n) is 13.3. The predicted molar refractivity (Wildman–Crippen MR) is 83.7 cm³/mol. The van der Waals surface area contributed by atoms with Crippen molar-refractivity contribution < 1.29 is 22.9 Å². The summed E-state index contributed by atoms with van der Waals surface area (Å²) in [4.78, 5) is 18.0. The van der Waals surface area contributed by atoms with Crippen LogP contribution < -0.4 is 10.2 Å². The first-order valence-corrected chi connectivity index (χ1v) is 8.99. The lowest BCUT2D eigenvalue weighted by molar-refractivity contribution is 0.116. The molecule has 0 aliphatic heterocycles. The van der Waals surface area contributed by atoms with Gasteiger partial charge in [0.25, 0.3) is 0 Å². The van der Waals surface area contributed by atoms with Crippen molar-refractivity contribution in [2.24, 2.45) is 0 Å². The van der Waals surface area contributed by atoms with Crippen molar-refractivity contribution in [1.82, 2.24) is 20.5 Å². The van der Waals surface area contributed by atoms with E-state index in [0.717, 1.165) is 4.85 Å². The molecule has 2 aromatic rings. The van der Waals surface area contributed by atoms with E-state index in [1.165, 1.54) is 0 Å². The average molecular weight is 340 g/mol. The zero-order valence-corrected chi connectivity index (χ0v) is 14.3. The number of rotatable bonds is 8. The van der Waals surface area contributed by atoms with Crippen LogP contribution in [0.15, 0.2) is 24.3 Å². The fourth-order valence-corrected chi connectivity index (χ4v) is 3.80. The summed E-state index contributed by atoms with van der Waals surface area (Å²) in [5.74, 6) is 0. The molecule has 0 fully saturated rings. The summed E-state index contributed by atoms with van der Waals surface area (Å²) in [5, 5.41) is 10.3. The maximum atomic E-state index is 11.8. The molecule has 23 heavy (non-hydrogen) atoms. The van der Waals surface area contributed by atoms with Crippen LogP contribution in [0.1, 0.15) is 6.42 Å². The van der Waals surface area contributed by atoms with Gasteiger partial charge in [0.15, 0.2) is 0 Å². The van der Waals surface area contributed by atoms with Gasteiger partial charge < -0.3 is 18.6 Å². The molecule has 0 spiro atoms. The molecular weight excluding hydrogens is 320 g/mol. The van der Waals surface area contributed by atoms with E-state index >= 15 is 0 Å². The number of carbonyl (C=O) groups is 1. The second kappa shape index (κ2) is 8.01. The van der Waals surface area contributed by atoms with Crippen molar-refractivity contribution in [3.8, 4) is 0 Å². The summed E-state index contributed by atoms with van der Waals surface area (Å²) in [7, 11) is 2.05. The lowest BCUT2D eigenvalue weighted by atomic mass is 10.3. The normalized spacial score (nSPS) is 11.6. The molecule has 1 heterocycles. The van der Waals surface area contributed by atoms with E-state index in [-0.39, 0.29) is 0 Å². The van der Waals surface area contributed by atoms with Crippen molar-refractivity contribution in [2.75, 3.05) is 27.9 Å². The Morgan fingerprint density at radius 3 is 2.61 bits per heavy atom. The molecule has 0 atom stereocenters. The monoisotopic (exact) mass is 340 g/mol. The predicted octanol–water partition coefficient (Wildman–Crippen LogP) is 0.838. The van der Waals surface area contributed by atoms with Gasteiger partial charge in [-0.3, -0.25) is 4.84 Å². The number of nitrogens with zero attached hydrogens (tertiary/aromatic N) is 3. The summed E-state index contributed by atoms with van der Waals surface area (Å²) in [6, 6.07) is 7.78. The fraction of sp³-hybridized carbons (Fsp3) is 0.462. The molecule has 0 bridgehead atoms. The van der Waals surface area contributed by atoms with Gasteiger partial charge in [0.1, 0.15) is 11.0 Å². The van der Waals surface area contributed by atoms with Crippen LogP contribution in [0.4, 0.5) is 4.79 Å². The molecule has 1 N–H and O–H groups in total. The highest BCUT2D eigenvalue weighted by atomic mass is 28.4. The fourth-order valence-electron chi connectivity index (χ4n) is 2.08. The van der Waals surface area contributed by atoms with Gasteiger partial charge in [-0.05, 0) is 23.8 Å². The Morgan fingerprint density at radius 2 is 1.91 bits per heavy atom. The minimum Gasteiger partial charge on any atom is -0.377 e. The molecule has 0 saturated heterocycles. The average Bonchev–Trinajstić information content (AvgIpc) is 2.99. The lowest BCUT2D eigenvalue weighted by Crippen LogP contribution is -2.43. The van der Waals surface area contributed by atoms with Gasteiger partial charge in [-0.15, -0.1) is 5.10 Å². The van der Waals surface area contributed by atoms with Crippen LogP contribution in [0.3, 0.4) is 0 Å². The maximum Gasteiger partial charge on any atom is 0.500 e. The lowest BCUT2D eigenvalue weighted by Gasteiger charge is -2.24. The van der Waals surface area contributed by atoms with E-state index in [1.807, 2.05) is 12.1 Å². The van der Waals surface area contributed by atoms with Crippen LogP contribution >= 0.6 is 0 Å². The maximum absolute atomic E-state index is 11.8. The number of carbonyl (C=O) groups excluding carboxylic acids is 1. The Morgan fingerprint density at radius 1 is 1.22 bits per heavy atom. The smallest absolute Gasteiger partial charge is 0.377 e. The number of fused-ring (bicyclic) bond motifs is 1. The summed E-state index contributed by atoms with van der Waals surface area (Å²) in [6.07, 6.45) is 0.0229. The molecule has 9 nitrogen and oxygen atoms in total. The Hall–Kier alpha value is -2.01. The molecule has 10 heteroatoms. The van der Waals surface area contributed by atoms with Gasteiger partial charge >= 0.3 is 14.9 Å². The number of hydrogen-bond acceptors (Lipinski definition) is 7. The number of para-hydroxylation sites is 1. The Kier molecular flexibility index (Phi) is 6.04. The Balaban J connectivity index is 1.79. The van der Waals surface area contributed by atoms with E-state index < -0.39 is 14.9 Å². The molecule has 0 radical (unpaired) electrons. The van der Waals surface area contributed by atoms with Gasteiger partial charge in [-0.2, -0.15) is 0 Å². The minimum absolute atomic E-state index is 0.399. The van der Waals surface area contributed by atoms with Crippen molar-refractivity contribution in [3.05, 3.63) is 24.3 Å². The van der Waals surface area contributed by atoms with Gasteiger partial charge in [-0.1, -0.05) is 17.0 Å². The Labute approximate surface area is 134 Å². The van der Waals surface area contributed by atoms with E-state index in [4.69, 9.17) is 18.1 Å². The highest BCUT2D eigenvalue weighted by molar-refractivity contribution is 6.60. The van der Waals surface area contributed by atoms with Crippen molar-refractivity contribution in [3.63, 3.8) is 0 Å². The molecular formula is C13H20N4O5Si. The number of benzene rings is 1. The summed E-state index contributed by atoms with van der Waals surface area (Å²) < 4.78 is 15.9. The first-order chi connectivity index (χ1) is 11.1. The highest BCUT2D eigenvalue weighted by Gasteiger charge is 2.36. The molecule has 0 aliphatic rings. The molecule has 1 aromatic heterocycles. The van der Waals surface area contributed by atoms with E-state index in [0.29, 0.717) is 30.0 Å². The molecule has 0 aliphatic carbocycles. The third-order valence-electron chi connectivity index (χ3n) is 3.35. The number of amides is 1. The minimum atomic E-state index is -2.61. The van der Waals surface area contributed by atoms with Gasteiger partial charge in [0, 0.05) is 33.9 Å². The van der Waals surface area contributed by atoms with Crippen LogP contribution in [0.5, 0.6) is 0 Å². The molecule has 0 saturated carbocycles. The van der Waals surface area contributed by atoms with Crippen LogP contribution in [-0.2, 0) is 13.3 Å². The third kappa shape index (κ3) is 4.25. The number of nitrogens with one attached hydrogen (secondary N) is 1. The quantitative estimate of drug-likeness (QED) is 0.432. The molecule has 126 valence electrons. The number of aromatic nitrogens is 3. The van der Waals surface area contributed by atoms with Crippen molar-refractivity contribution in [1.29, 1.82) is 0 Å². The van der Waals surface area contributed by atoms with Gasteiger partial charge in [0.2, 0.25) is 0 Å². The van der Waals surface area contributed by atoms with E-state index in [1.54, 1.807) is 33.5 Å². The van der Waals surface area contributed by atoms with Crippen LogP contribution in [0.25, 0.3) is 11.0 Å². The topological polar surface area (TPSA) is 96.7 Å². The second-order valence-corrected chi connectivity index (χ2v) is 7.75. The summed E-state index contributed by atoms with van der Waals surface area (Å²) >= 11 is 0. The molecule has 2 rings (SSSR count). The first-order valence-electron chi connectivity index (χ1n) is 7.06. The standard InChI is InChI=1S/C13H20N4O5Si/c1-19-23(20-2,21-3)10-6-9-14-13(18)22-17-12-8-5-4-7-11(12)15-16-17/h4-5,7-8H,6,9-10H2,1-3H3,(H,14,18). The van der Waals surface area contributed by atoms with Gasteiger partial charge in [0.05, 0.1) is 0 Å². The van der Waals surface area contributed by atoms with Crippen LogP contribution in [-0.4, -0.2) is 57.9 Å². The Bertz CT molecular complexity index is 638. The van der Waals surface area contributed by atoms with Crippen LogP contribution in [0.2, 0.25) is 6.04 Å². The van der Waals surface area contributed by atoms with Crippen molar-refractivity contribution in [2.45, 2.75) is 12.5 Å². The highest BCUT2D eigenvalue weighted by Crippen LogP contribution is 2.14. The van der Waals surface area contributed by atoms with E-state index in [9.17, 15) is 4.79 Å². The molecule has 1 aromatic carbocycles. The molecule has 1 amide bonds. The summed E-state index contributed by atoms with van der Waals surface area (Å²) in [5.41, 5.74) is 1.27. The third-order valence-corrected chi connectivity index (χ3v) is 6.18. The zero-order chi connectivity index (χ0) is 16.7. The summed E-state index contributed by atoms with van der Waals surface area (Å²) in [6.45, 7) is 0.399. The van der Waals surface area contributed by atoms with Gasteiger partial charge in [-0.25, -0.2) is 4.79 Å². The second-order valence-electron chi connectivity index (χ2n) is 4.66.